The third-order valence-corrected chi connectivity index (χ3v) is 3.55. The first-order valence-corrected chi connectivity index (χ1v) is 7.87. The lowest BCUT2D eigenvalue weighted by Gasteiger charge is -2.01. The second-order valence-electron chi connectivity index (χ2n) is 5.30. The molecule has 1 aromatic rings. The molecule has 110 valence electrons. The smallest absolute Gasteiger partial charge is 0.168 e. The van der Waals surface area contributed by atoms with E-state index in [9.17, 15) is 0 Å². The Labute approximate surface area is 118 Å². The van der Waals surface area contributed by atoms with Crippen LogP contribution in [0.2, 0.25) is 0 Å². The number of aromatic nitrogens is 1. The summed E-state index contributed by atoms with van der Waals surface area (Å²) in [6, 6.07) is 6.29. The molecule has 0 radical (unpaired) electrons. The zero-order chi connectivity index (χ0) is 12.9. The van der Waals surface area contributed by atoms with Gasteiger partial charge in [-0.3, -0.25) is 0 Å². The summed E-state index contributed by atoms with van der Waals surface area (Å²) in [6.45, 7) is 3.46. The quantitative estimate of drug-likeness (QED) is 0.426. The molecule has 1 rings (SSSR count). The van der Waals surface area contributed by atoms with Gasteiger partial charge in [0.25, 0.3) is 0 Å². The van der Waals surface area contributed by atoms with Crippen molar-refractivity contribution in [2.45, 2.75) is 77.7 Å². The number of hydrogen-bond acceptors (Lipinski definition) is 0. The van der Waals surface area contributed by atoms with E-state index in [1.165, 1.54) is 70.8 Å². The van der Waals surface area contributed by atoms with Gasteiger partial charge in [-0.25, -0.2) is 4.57 Å². The summed E-state index contributed by atoms with van der Waals surface area (Å²) in [5.41, 5.74) is 0. The molecule has 1 aromatic heterocycles. The largest absolute Gasteiger partial charge is 1.00 e. The van der Waals surface area contributed by atoms with Crippen molar-refractivity contribution in [3.05, 3.63) is 30.6 Å². The number of pyridine rings is 1. The van der Waals surface area contributed by atoms with E-state index in [-0.39, 0.29) is 4.70 Å². The molecule has 0 atom stereocenters. The summed E-state index contributed by atoms with van der Waals surface area (Å²) >= 11 is 0. The molecule has 0 unspecified atom stereocenters. The highest BCUT2D eigenvalue weighted by Gasteiger charge is 1.97. The van der Waals surface area contributed by atoms with Crippen LogP contribution >= 0.6 is 0 Å². The van der Waals surface area contributed by atoms with Gasteiger partial charge in [0.15, 0.2) is 12.4 Å². The van der Waals surface area contributed by atoms with Crippen molar-refractivity contribution in [1.82, 2.24) is 0 Å². The van der Waals surface area contributed by atoms with Crippen molar-refractivity contribution in [2.24, 2.45) is 0 Å². The van der Waals surface area contributed by atoms with E-state index >= 15 is 0 Å². The molecule has 0 saturated heterocycles. The van der Waals surface area contributed by atoms with Crippen molar-refractivity contribution in [3.8, 4) is 0 Å². The molecule has 0 spiro atoms. The predicted octanol–water partition coefficient (Wildman–Crippen LogP) is 1.90. The Kier molecular flexibility index (Phi) is 12.9. The summed E-state index contributed by atoms with van der Waals surface area (Å²) < 4.78 is 2.28. The average Bonchev–Trinajstić information content (AvgIpc) is 2.42. The van der Waals surface area contributed by atoms with E-state index in [4.69, 9.17) is 0 Å². The van der Waals surface area contributed by atoms with Crippen molar-refractivity contribution in [1.29, 1.82) is 0 Å². The fourth-order valence-electron chi connectivity index (χ4n) is 2.37. The first-order valence-electron chi connectivity index (χ1n) is 7.87. The number of nitrogens with zero attached hydrogens (tertiary/aromatic N) is 1. The molecule has 0 N–H and O–H groups in total. The number of rotatable bonds is 11. The lowest BCUT2D eigenvalue weighted by atomic mass is 10.1. The summed E-state index contributed by atoms with van der Waals surface area (Å²) in [6.07, 6.45) is 18.5. The Morgan fingerprint density at radius 3 is 1.63 bits per heavy atom. The Balaban J connectivity index is 0.00000324. The summed E-state index contributed by atoms with van der Waals surface area (Å²) in [4.78, 5) is 0. The van der Waals surface area contributed by atoms with Crippen LogP contribution in [0.5, 0.6) is 0 Å². The summed E-state index contributed by atoms with van der Waals surface area (Å²) in [7, 11) is 0. The monoisotopic (exact) mass is 267 g/mol. The highest BCUT2D eigenvalue weighted by Crippen LogP contribution is 2.10. The van der Waals surface area contributed by atoms with E-state index in [2.05, 4.69) is 42.1 Å². The van der Waals surface area contributed by atoms with E-state index < -0.39 is 0 Å². The van der Waals surface area contributed by atoms with Crippen LogP contribution in [0.1, 0.15) is 71.1 Å². The molecule has 0 amide bonds. The molecular formula is C17H30FN. The second kappa shape index (κ2) is 13.5. The maximum atomic E-state index is 2.28. The average molecular weight is 267 g/mol. The van der Waals surface area contributed by atoms with Crippen LogP contribution in [0, 0.1) is 0 Å². The molecule has 0 saturated carbocycles. The van der Waals surface area contributed by atoms with Crippen molar-refractivity contribution in [3.63, 3.8) is 0 Å². The highest BCUT2D eigenvalue weighted by atomic mass is 19.0. The topological polar surface area (TPSA) is 3.88 Å². The van der Waals surface area contributed by atoms with Crippen LogP contribution in [-0.2, 0) is 6.54 Å². The third-order valence-electron chi connectivity index (χ3n) is 3.55. The third kappa shape index (κ3) is 10.7. The lowest BCUT2D eigenvalue weighted by molar-refractivity contribution is -0.697. The van der Waals surface area contributed by atoms with Crippen LogP contribution in [0.25, 0.3) is 0 Å². The fraction of sp³-hybridized carbons (Fsp3) is 0.706. The Morgan fingerprint density at radius 2 is 1.11 bits per heavy atom. The van der Waals surface area contributed by atoms with Gasteiger partial charge < -0.3 is 4.70 Å². The van der Waals surface area contributed by atoms with Crippen molar-refractivity contribution >= 4 is 0 Å². The number of unbranched alkanes of at least 4 members (excludes halogenated alkanes) is 9. The van der Waals surface area contributed by atoms with E-state index in [0.29, 0.717) is 0 Å². The maximum absolute atomic E-state index is 2.28. The SMILES string of the molecule is CCCCCCCCCCCC[n+]1ccccc1.[F-]. The van der Waals surface area contributed by atoms with Crippen LogP contribution in [0.3, 0.4) is 0 Å². The molecule has 0 aliphatic carbocycles. The molecule has 19 heavy (non-hydrogen) atoms. The van der Waals surface area contributed by atoms with Crippen LogP contribution in [0.4, 0.5) is 0 Å². The van der Waals surface area contributed by atoms with Gasteiger partial charge in [0.1, 0.15) is 6.54 Å². The van der Waals surface area contributed by atoms with Gasteiger partial charge in [0.05, 0.1) is 0 Å². The zero-order valence-electron chi connectivity index (χ0n) is 12.5. The van der Waals surface area contributed by atoms with Crippen LogP contribution in [0.15, 0.2) is 30.6 Å². The molecule has 0 aliphatic rings. The minimum Gasteiger partial charge on any atom is -1.00 e. The number of aryl methyl sites for hydroxylation is 1. The van der Waals surface area contributed by atoms with Gasteiger partial charge in [0, 0.05) is 18.6 Å². The molecule has 2 heteroatoms. The molecule has 0 fully saturated rings. The van der Waals surface area contributed by atoms with Gasteiger partial charge in [-0.05, 0) is 6.42 Å². The van der Waals surface area contributed by atoms with Gasteiger partial charge >= 0.3 is 0 Å². The fourth-order valence-corrected chi connectivity index (χ4v) is 2.37. The molecular weight excluding hydrogens is 237 g/mol. The van der Waals surface area contributed by atoms with E-state index in [1.807, 2.05) is 0 Å². The van der Waals surface area contributed by atoms with Crippen LogP contribution < -0.4 is 9.27 Å². The molecule has 1 nitrogen and oxygen atoms in total. The number of halogens is 1. The minimum absolute atomic E-state index is 0. The van der Waals surface area contributed by atoms with Gasteiger partial charge in [-0.15, -0.1) is 0 Å². The zero-order valence-corrected chi connectivity index (χ0v) is 12.5. The summed E-state index contributed by atoms with van der Waals surface area (Å²) in [5.74, 6) is 0. The van der Waals surface area contributed by atoms with Crippen molar-refractivity contribution < 1.29 is 9.27 Å². The van der Waals surface area contributed by atoms with Gasteiger partial charge in [-0.1, -0.05) is 64.4 Å². The predicted molar refractivity (Wildman–Crippen MR) is 78.5 cm³/mol. The Bertz CT molecular complexity index is 274. The molecule has 0 aliphatic heterocycles. The Hall–Kier alpha value is -0.920. The molecule has 1 heterocycles. The van der Waals surface area contributed by atoms with Crippen molar-refractivity contribution in [2.75, 3.05) is 0 Å². The van der Waals surface area contributed by atoms with Crippen LogP contribution in [-0.4, -0.2) is 0 Å². The Morgan fingerprint density at radius 1 is 0.632 bits per heavy atom. The standard InChI is InChI=1S/C17H30N.FH/c1-2-3-4-5-6-7-8-9-10-12-15-18-16-13-11-14-17-18;/h11,13-14,16-17H,2-10,12,15H2,1H3;1H/q+1;/p-1. The summed E-state index contributed by atoms with van der Waals surface area (Å²) in [5, 5.41) is 0. The molecule has 0 bridgehead atoms. The van der Waals surface area contributed by atoms with E-state index in [1.54, 1.807) is 0 Å². The normalized spacial score (nSPS) is 10.2. The minimum atomic E-state index is 0. The lowest BCUT2D eigenvalue weighted by Crippen LogP contribution is -3.00. The highest BCUT2D eigenvalue weighted by molar-refractivity contribution is 4.83. The second-order valence-corrected chi connectivity index (χ2v) is 5.30. The van der Waals surface area contributed by atoms with Gasteiger partial charge in [-0.2, -0.15) is 0 Å². The first kappa shape index (κ1) is 18.1. The first-order chi connectivity index (χ1) is 8.93. The number of hydrogen-bond donors (Lipinski definition) is 0. The van der Waals surface area contributed by atoms with E-state index in [0.717, 1.165) is 0 Å². The maximum Gasteiger partial charge on any atom is 0.168 e. The molecule has 0 aromatic carbocycles. The van der Waals surface area contributed by atoms with Gasteiger partial charge in [0.2, 0.25) is 0 Å².